The Morgan fingerprint density at radius 3 is 2.81 bits per heavy atom. The van der Waals surface area contributed by atoms with Gasteiger partial charge < -0.3 is 10.6 Å². The van der Waals surface area contributed by atoms with Gasteiger partial charge in [0, 0.05) is 37.1 Å². The number of rotatable bonds is 3. The molecule has 1 aromatic carbocycles. The Kier molecular flexibility index (Phi) is 3.27. The van der Waals surface area contributed by atoms with Crippen molar-refractivity contribution in [3.05, 3.63) is 54.0 Å². The molecule has 0 fully saturated rings. The number of pyridine rings is 1. The van der Waals surface area contributed by atoms with Gasteiger partial charge in [-0.25, -0.2) is 0 Å². The van der Waals surface area contributed by atoms with Crippen molar-refractivity contribution in [2.75, 3.05) is 12.8 Å². The maximum Gasteiger partial charge on any atom is 0.275 e. The van der Waals surface area contributed by atoms with Crippen LogP contribution in [0.4, 0.5) is 5.69 Å². The Hall–Kier alpha value is -2.89. The monoisotopic (exact) mass is 281 g/mol. The van der Waals surface area contributed by atoms with Gasteiger partial charge in [0.05, 0.1) is 5.52 Å². The van der Waals surface area contributed by atoms with E-state index < -0.39 is 0 Å². The first-order valence-corrected chi connectivity index (χ1v) is 6.53. The highest BCUT2D eigenvalue weighted by Crippen LogP contribution is 2.20. The second kappa shape index (κ2) is 5.24. The molecule has 0 aliphatic carbocycles. The number of aromatic nitrogens is 3. The normalized spacial score (nSPS) is 10.7. The zero-order chi connectivity index (χ0) is 14.8. The minimum atomic E-state index is -0.149. The van der Waals surface area contributed by atoms with Gasteiger partial charge in [0.1, 0.15) is 0 Å². The molecule has 21 heavy (non-hydrogen) atoms. The smallest absolute Gasteiger partial charge is 0.275 e. The van der Waals surface area contributed by atoms with Crippen molar-refractivity contribution in [2.24, 2.45) is 0 Å². The van der Waals surface area contributed by atoms with Gasteiger partial charge in [0.15, 0.2) is 5.69 Å². The number of fused-ring (bicyclic) bond motifs is 1. The first-order valence-electron chi connectivity index (χ1n) is 6.53. The van der Waals surface area contributed by atoms with E-state index in [2.05, 4.69) is 15.2 Å². The second-order valence-electron chi connectivity index (χ2n) is 4.89. The second-order valence-corrected chi connectivity index (χ2v) is 4.89. The minimum absolute atomic E-state index is 0.149. The number of amides is 1. The summed E-state index contributed by atoms with van der Waals surface area (Å²) in [6.07, 6.45) is 3.41. The molecule has 0 saturated carbocycles. The number of nitrogen functional groups attached to an aromatic ring is 1. The molecule has 3 rings (SSSR count). The lowest BCUT2D eigenvalue weighted by Gasteiger charge is -2.16. The van der Waals surface area contributed by atoms with E-state index in [1.54, 1.807) is 36.5 Å². The fourth-order valence-corrected chi connectivity index (χ4v) is 2.21. The molecule has 6 heteroatoms. The van der Waals surface area contributed by atoms with Crippen LogP contribution in [0, 0.1) is 0 Å². The van der Waals surface area contributed by atoms with Crippen molar-refractivity contribution >= 4 is 22.5 Å². The highest BCUT2D eigenvalue weighted by molar-refractivity contribution is 6.05. The predicted octanol–water partition coefficient (Wildman–Crippen LogP) is 1.81. The van der Waals surface area contributed by atoms with Gasteiger partial charge in [-0.1, -0.05) is 0 Å². The van der Waals surface area contributed by atoms with Crippen LogP contribution in [0.1, 0.15) is 16.1 Å². The van der Waals surface area contributed by atoms with Crippen molar-refractivity contribution in [3.63, 3.8) is 0 Å². The molecule has 3 N–H and O–H groups in total. The maximum absolute atomic E-state index is 12.5. The van der Waals surface area contributed by atoms with Gasteiger partial charge in [-0.3, -0.25) is 14.9 Å². The molecule has 0 spiro atoms. The minimum Gasteiger partial charge on any atom is -0.399 e. The predicted molar refractivity (Wildman–Crippen MR) is 80.5 cm³/mol. The molecule has 6 nitrogen and oxygen atoms in total. The summed E-state index contributed by atoms with van der Waals surface area (Å²) in [5.74, 6) is -0.149. The zero-order valence-electron chi connectivity index (χ0n) is 11.6. The van der Waals surface area contributed by atoms with E-state index in [4.69, 9.17) is 5.73 Å². The molecule has 2 heterocycles. The summed E-state index contributed by atoms with van der Waals surface area (Å²) in [6.45, 7) is 0.498. The molecule has 0 radical (unpaired) electrons. The highest BCUT2D eigenvalue weighted by atomic mass is 16.2. The summed E-state index contributed by atoms with van der Waals surface area (Å²) < 4.78 is 0. The Morgan fingerprint density at radius 1 is 1.29 bits per heavy atom. The zero-order valence-corrected chi connectivity index (χ0v) is 11.6. The first kappa shape index (κ1) is 13.1. The highest BCUT2D eigenvalue weighted by Gasteiger charge is 2.18. The van der Waals surface area contributed by atoms with Crippen LogP contribution >= 0.6 is 0 Å². The lowest BCUT2D eigenvalue weighted by atomic mass is 10.1. The van der Waals surface area contributed by atoms with Crippen molar-refractivity contribution in [1.29, 1.82) is 0 Å². The van der Waals surface area contributed by atoms with Crippen molar-refractivity contribution in [3.8, 4) is 0 Å². The van der Waals surface area contributed by atoms with Crippen molar-refractivity contribution in [2.45, 2.75) is 6.54 Å². The fourth-order valence-electron chi connectivity index (χ4n) is 2.21. The van der Waals surface area contributed by atoms with Crippen LogP contribution in [0.15, 0.2) is 42.7 Å². The Morgan fingerprint density at radius 2 is 2.05 bits per heavy atom. The van der Waals surface area contributed by atoms with Crippen LogP contribution in [0.2, 0.25) is 0 Å². The van der Waals surface area contributed by atoms with Crippen LogP contribution in [0.25, 0.3) is 10.9 Å². The molecule has 0 bridgehead atoms. The summed E-state index contributed by atoms with van der Waals surface area (Å²) in [5.41, 5.74) is 8.58. The lowest BCUT2D eigenvalue weighted by molar-refractivity contribution is 0.0781. The van der Waals surface area contributed by atoms with E-state index in [0.717, 1.165) is 16.5 Å². The molecule has 0 aliphatic heterocycles. The third kappa shape index (κ3) is 2.55. The molecule has 0 aliphatic rings. The number of aromatic amines is 1. The van der Waals surface area contributed by atoms with E-state index in [9.17, 15) is 4.79 Å². The third-order valence-corrected chi connectivity index (χ3v) is 3.31. The number of carbonyl (C=O) groups excluding carboxylic acids is 1. The van der Waals surface area contributed by atoms with E-state index in [0.29, 0.717) is 17.9 Å². The first-order chi connectivity index (χ1) is 10.1. The number of nitrogens with two attached hydrogens (primary N) is 1. The largest absolute Gasteiger partial charge is 0.399 e. The van der Waals surface area contributed by atoms with Gasteiger partial charge in [-0.05, 0) is 35.9 Å². The van der Waals surface area contributed by atoms with E-state index >= 15 is 0 Å². The average molecular weight is 281 g/mol. The average Bonchev–Trinajstić information content (AvgIpc) is 2.90. The lowest BCUT2D eigenvalue weighted by Crippen LogP contribution is -2.26. The van der Waals surface area contributed by atoms with E-state index in [1.807, 2.05) is 18.2 Å². The molecule has 2 aromatic heterocycles. The number of hydrogen-bond acceptors (Lipinski definition) is 4. The van der Waals surface area contributed by atoms with Crippen molar-refractivity contribution in [1.82, 2.24) is 20.1 Å². The fraction of sp³-hybridized carbons (Fsp3) is 0.133. The summed E-state index contributed by atoms with van der Waals surface area (Å²) in [4.78, 5) is 18.1. The summed E-state index contributed by atoms with van der Waals surface area (Å²) in [5, 5.41) is 7.70. The third-order valence-electron chi connectivity index (χ3n) is 3.31. The number of carbonyl (C=O) groups is 1. The number of anilines is 1. The van der Waals surface area contributed by atoms with Crippen LogP contribution < -0.4 is 5.73 Å². The maximum atomic E-state index is 12.5. The van der Waals surface area contributed by atoms with E-state index in [1.165, 1.54) is 0 Å². The number of hydrogen-bond donors (Lipinski definition) is 2. The molecular formula is C15H15N5O. The van der Waals surface area contributed by atoms with Crippen molar-refractivity contribution < 1.29 is 4.79 Å². The van der Waals surface area contributed by atoms with Gasteiger partial charge in [0.25, 0.3) is 5.91 Å². The number of nitrogens with zero attached hydrogens (tertiary/aromatic N) is 3. The Bertz CT molecular complexity index is 781. The Labute approximate surface area is 121 Å². The molecule has 1 amide bonds. The van der Waals surface area contributed by atoms with Crippen LogP contribution in [-0.4, -0.2) is 33.0 Å². The molecule has 106 valence electrons. The quantitative estimate of drug-likeness (QED) is 0.717. The number of H-pyrrole nitrogens is 1. The summed E-state index contributed by atoms with van der Waals surface area (Å²) in [6, 6.07) is 9.11. The van der Waals surface area contributed by atoms with Gasteiger partial charge >= 0.3 is 0 Å². The summed E-state index contributed by atoms with van der Waals surface area (Å²) in [7, 11) is 1.75. The molecule has 3 aromatic rings. The SMILES string of the molecule is CN(Cc1ccncc1)C(=O)c1n[nH]c2ccc(N)cc12. The molecule has 0 saturated heterocycles. The molecular weight excluding hydrogens is 266 g/mol. The Balaban J connectivity index is 1.88. The van der Waals surface area contributed by atoms with Crippen LogP contribution in [-0.2, 0) is 6.54 Å². The van der Waals surface area contributed by atoms with E-state index in [-0.39, 0.29) is 5.91 Å². The van der Waals surface area contributed by atoms with Gasteiger partial charge in [-0.15, -0.1) is 0 Å². The van der Waals surface area contributed by atoms with Gasteiger partial charge in [0.2, 0.25) is 0 Å². The van der Waals surface area contributed by atoms with Crippen LogP contribution in [0.5, 0.6) is 0 Å². The van der Waals surface area contributed by atoms with Gasteiger partial charge in [-0.2, -0.15) is 5.10 Å². The standard InChI is InChI=1S/C15H15N5O/c1-20(9-10-4-6-17-7-5-10)15(21)14-12-8-11(16)2-3-13(12)18-19-14/h2-8H,9,16H2,1H3,(H,18,19). The van der Waals surface area contributed by atoms with Crippen LogP contribution in [0.3, 0.4) is 0 Å². The number of benzene rings is 1. The molecule has 0 atom stereocenters. The summed E-state index contributed by atoms with van der Waals surface area (Å²) >= 11 is 0. The topological polar surface area (TPSA) is 87.9 Å². The number of nitrogens with one attached hydrogen (secondary N) is 1. The molecule has 0 unspecified atom stereocenters.